The Hall–Kier alpha value is -2.53. The molecule has 3 aromatic carbocycles. The molecule has 0 N–H and O–H groups in total. The van der Waals surface area contributed by atoms with Crippen molar-refractivity contribution < 1.29 is 55.3 Å². The quantitative estimate of drug-likeness (QED) is 0.270. The van der Waals surface area contributed by atoms with Crippen LogP contribution >= 0.6 is 0 Å². The minimum absolute atomic E-state index is 0. The molecule has 1 aliphatic heterocycles. The third-order valence-electron chi connectivity index (χ3n) is 6.80. The molecule has 40 heavy (non-hydrogen) atoms. The van der Waals surface area contributed by atoms with E-state index in [1.807, 2.05) is 18.2 Å². The smallest absolute Gasteiger partial charge is 1.00 e. The fraction of sp³-hybridized carbons (Fsp3) is 0.344. The van der Waals surface area contributed by atoms with E-state index in [0.717, 1.165) is 18.7 Å². The molecule has 1 aliphatic rings. The molecule has 1 heterocycles. The first-order chi connectivity index (χ1) is 18.1. The van der Waals surface area contributed by atoms with Crippen LogP contribution in [0.4, 0.5) is 11.4 Å². The molecule has 0 aromatic heterocycles. The van der Waals surface area contributed by atoms with Gasteiger partial charge in [0.25, 0.3) is 0 Å². The zero-order valence-electron chi connectivity index (χ0n) is 24.4. The van der Waals surface area contributed by atoms with Crippen molar-refractivity contribution in [2.45, 2.75) is 54.6 Å². The van der Waals surface area contributed by atoms with Crippen LogP contribution in [0.2, 0.25) is 0 Å². The number of methoxy groups -OCH3 is 1. The summed E-state index contributed by atoms with van der Waals surface area (Å²) in [6, 6.07) is 17.0. The van der Waals surface area contributed by atoms with Crippen molar-refractivity contribution in [3.05, 3.63) is 87.5 Å². The van der Waals surface area contributed by atoms with E-state index in [0.29, 0.717) is 5.75 Å². The number of rotatable bonds is 6. The van der Waals surface area contributed by atoms with E-state index in [1.54, 1.807) is 6.92 Å². The molecule has 5 nitrogen and oxygen atoms in total. The van der Waals surface area contributed by atoms with E-state index in [1.165, 1.54) is 56.2 Å². The van der Waals surface area contributed by atoms with E-state index in [4.69, 9.17) is 9.47 Å². The SMILES string of the molecule is COC(=O)C(C)Oc1ccccc1[CH]=[Ru+2]=[C]1N(c2c(C)cc(C)cc2C)CCN1c1c(C)cc(C)cc1C.[Cl-].[Cl-]. The maximum atomic E-state index is 12.0. The minimum Gasteiger partial charge on any atom is -1.00 e. The number of benzene rings is 3. The molecule has 0 aliphatic carbocycles. The summed E-state index contributed by atoms with van der Waals surface area (Å²) in [7, 11) is 1.38. The Labute approximate surface area is 258 Å². The number of ether oxygens (including phenoxy) is 2. The average molecular weight is 671 g/mol. The van der Waals surface area contributed by atoms with Gasteiger partial charge in [-0.25, -0.2) is 0 Å². The summed E-state index contributed by atoms with van der Waals surface area (Å²) in [6.07, 6.45) is -0.673. The molecule has 1 fully saturated rings. The maximum absolute atomic E-state index is 12.0. The first kappa shape index (κ1) is 33.7. The van der Waals surface area contributed by atoms with Crippen LogP contribution in [0.25, 0.3) is 0 Å². The van der Waals surface area contributed by atoms with Crippen LogP contribution < -0.4 is 39.4 Å². The molecule has 0 bridgehead atoms. The summed E-state index contributed by atoms with van der Waals surface area (Å²) in [4.78, 5) is 17.1. The molecule has 0 radical (unpaired) electrons. The van der Waals surface area contributed by atoms with Gasteiger partial charge in [0.05, 0.1) is 0 Å². The molecule has 0 saturated carbocycles. The second-order valence-electron chi connectivity index (χ2n) is 10.1. The van der Waals surface area contributed by atoms with Gasteiger partial charge in [-0.2, -0.15) is 0 Å². The number of aryl methyl sites for hydroxylation is 6. The predicted molar refractivity (Wildman–Crippen MR) is 155 cm³/mol. The van der Waals surface area contributed by atoms with Gasteiger partial charge in [-0.3, -0.25) is 0 Å². The van der Waals surface area contributed by atoms with Gasteiger partial charge >= 0.3 is 235 Å². The third-order valence-corrected chi connectivity index (χ3v) is 8.98. The van der Waals surface area contributed by atoms with Crippen molar-refractivity contribution in [2.75, 3.05) is 30.0 Å². The van der Waals surface area contributed by atoms with Crippen molar-refractivity contribution in [3.8, 4) is 5.75 Å². The Bertz CT molecular complexity index is 1340. The van der Waals surface area contributed by atoms with Gasteiger partial charge in [0.15, 0.2) is 0 Å². The molecule has 1 unspecified atom stereocenters. The second-order valence-corrected chi connectivity index (χ2v) is 11.9. The number of esters is 1. The van der Waals surface area contributed by atoms with Crippen LogP contribution in [-0.4, -0.2) is 41.2 Å². The van der Waals surface area contributed by atoms with Gasteiger partial charge in [-0.05, 0) is 0 Å². The van der Waals surface area contributed by atoms with Crippen LogP contribution in [0.1, 0.15) is 45.9 Å². The van der Waals surface area contributed by atoms with Crippen molar-refractivity contribution in [2.24, 2.45) is 0 Å². The van der Waals surface area contributed by atoms with Crippen LogP contribution in [0.3, 0.4) is 0 Å². The summed E-state index contributed by atoms with van der Waals surface area (Å²) in [6.45, 7) is 16.8. The minimum atomic E-state index is -0.673. The molecular formula is C32H38Cl2N2O3Ru. The van der Waals surface area contributed by atoms with E-state index < -0.39 is 6.10 Å². The normalized spacial score (nSPS) is 13.2. The molecule has 0 amide bonds. The van der Waals surface area contributed by atoms with Gasteiger partial charge in [-0.1, -0.05) is 0 Å². The number of hydrogen-bond donors (Lipinski definition) is 0. The van der Waals surface area contributed by atoms with E-state index in [2.05, 4.69) is 86.3 Å². The summed E-state index contributed by atoms with van der Waals surface area (Å²) in [5.74, 6) is 0.313. The summed E-state index contributed by atoms with van der Waals surface area (Å²) < 4.78 is 14.5. The Kier molecular flexibility index (Phi) is 12.1. The van der Waals surface area contributed by atoms with E-state index in [-0.39, 0.29) is 47.0 Å². The number of carbonyl (C=O) groups excluding carboxylic acids is 1. The molecule has 3 aromatic rings. The predicted octanol–water partition coefficient (Wildman–Crippen LogP) is -0.168. The molecule has 216 valence electrons. The van der Waals surface area contributed by atoms with Crippen molar-refractivity contribution in [3.63, 3.8) is 0 Å². The molecule has 0 spiro atoms. The fourth-order valence-corrected chi connectivity index (χ4v) is 7.64. The Morgan fingerprint density at radius 1 is 0.825 bits per heavy atom. The van der Waals surface area contributed by atoms with Crippen LogP contribution in [0.5, 0.6) is 5.75 Å². The van der Waals surface area contributed by atoms with Gasteiger partial charge in [0.1, 0.15) is 0 Å². The molecule has 1 saturated heterocycles. The number of halogens is 2. The molecular weight excluding hydrogens is 632 g/mol. The van der Waals surface area contributed by atoms with Crippen molar-refractivity contribution in [1.29, 1.82) is 0 Å². The van der Waals surface area contributed by atoms with Gasteiger partial charge in [-0.15, -0.1) is 0 Å². The van der Waals surface area contributed by atoms with Crippen LogP contribution in [0.15, 0.2) is 48.5 Å². The molecule has 8 heteroatoms. The van der Waals surface area contributed by atoms with Gasteiger partial charge in [0.2, 0.25) is 0 Å². The average Bonchev–Trinajstić information content (AvgIpc) is 3.24. The van der Waals surface area contributed by atoms with E-state index in [9.17, 15) is 4.79 Å². The van der Waals surface area contributed by atoms with Crippen molar-refractivity contribution in [1.82, 2.24) is 0 Å². The van der Waals surface area contributed by atoms with Gasteiger partial charge in [0, 0.05) is 0 Å². The number of carbonyl (C=O) groups is 1. The standard InChI is InChI=1S/C21H26N2.C11H12O3.2ClH.Ru/c1-14-9-16(3)20(17(4)10-14)22-7-8-23(13-22)21-18(5)11-15(2)12-19(21)6;1-8-6-4-5-7-10(8)14-9(2)11(12)13-3;;;/h9-12H,7-8H2,1-6H3;1,4-7,9H,2-3H3;2*1H;/q;;;;+2/p-2. The topological polar surface area (TPSA) is 42.0 Å². The van der Waals surface area contributed by atoms with Crippen LogP contribution in [0, 0.1) is 41.5 Å². The maximum Gasteiger partial charge on any atom is -1.00 e. The summed E-state index contributed by atoms with van der Waals surface area (Å²) in [5.41, 5.74) is 11.4. The largest absolute Gasteiger partial charge is 1.00 e. The Balaban J connectivity index is 0.00000280. The Morgan fingerprint density at radius 2 is 1.27 bits per heavy atom. The fourth-order valence-electron chi connectivity index (χ4n) is 5.41. The summed E-state index contributed by atoms with van der Waals surface area (Å²) in [5, 5.41) is 0. The summed E-state index contributed by atoms with van der Waals surface area (Å²) >= 11 is -0.337. The Morgan fingerprint density at radius 3 is 1.73 bits per heavy atom. The second kappa shape index (κ2) is 14.4. The number of para-hydroxylation sites is 1. The van der Waals surface area contributed by atoms with E-state index >= 15 is 0 Å². The first-order valence-corrected chi connectivity index (χ1v) is 14.8. The zero-order chi connectivity index (χ0) is 27.6. The number of hydrogen-bond acceptors (Lipinski definition) is 5. The van der Waals surface area contributed by atoms with Crippen LogP contribution in [-0.2, 0) is 25.8 Å². The first-order valence-electron chi connectivity index (χ1n) is 13.0. The monoisotopic (exact) mass is 670 g/mol. The zero-order valence-corrected chi connectivity index (χ0v) is 27.7. The van der Waals surface area contributed by atoms with Gasteiger partial charge < -0.3 is 24.8 Å². The third kappa shape index (κ3) is 7.21. The van der Waals surface area contributed by atoms with Crippen molar-refractivity contribution >= 4 is 26.3 Å². The molecule has 4 rings (SSSR count). The number of nitrogens with zero attached hydrogens (tertiary/aromatic N) is 2. The number of anilines is 2. The molecule has 1 atom stereocenters.